The van der Waals surface area contributed by atoms with Crippen LogP contribution in [0.15, 0.2) is 18.2 Å². The van der Waals surface area contributed by atoms with Crippen LogP contribution in [0.2, 0.25) is 0 Å². The van der Waals surface area contributed by atoms with Crippen LogP contribution >= 0.6 is 0 Å². The molecule has 0 aliphatic carbocycles. The summed E-state index contributed by atoms with van der Waals surface area (Å²) in [6.07, 6.45) is 0.560. The van der Waals surface area contributed by atoms with Crippen molar-refractivity contribution in [2.24, 2.45) is 0 Å². The predicted octanol–water partition coefficient (Wildman–Crippen LogP) is -0.982. The Morgan fingerprint density at radius 1 is 1.07 bits per heavy atom. The standard InChI is InChI=1S/C20H24N4O5S/c25-17-5-4-16(19(26)22-17)24-9-13-3-1-2-12(18(13)20(24)27)8-23-10-15(11-23)30(28,29)14-6-21-7-14/h1-3,14-16,21H,4-11H2,(H,22,25,26). The lowest BCUT2D eigenvalue weighted by Crippen LogP contribution is -2.62. The molecule has 1 unspecified atom stereocenters. The van der Waals surface area contributed by atoms with Gasteiger partial charge in [-0.25, -0.2) is 8.42 Å². The predicted molar refractivity (Wildman–Crippen MR) is 107 cm³/mol. The summed E-state index contributed by atoms with van der Waals surface area (Å²) in [5, 5.41) is 4.72. The Labute approximate surface area is 174 Å². The van der Waals surface area contributed by atoms with Gasteiger partial charge in [0.2, 0.25) is 11.8 Å². The number of sulfone groups is 1. The molecule has 4 aliphatic rings. The summed E-state index contributed by atoms with van der Waals surface area (Å²) in [5.74, 6) is -0.920. The maximum Gasteiger partial charge on any atom is 0.255 e. The third kappa shape index (κ3) is 3.14. The summed E-state index contributed by atoms with van der Waals surface area (Å²) >= 11 is 0. The molecule has 1 aromatic rings. The van der Waals surface area contributed by atoms with Gasteiger partial charge < -0.3 is 10.2 Å². The number of hydrogen-bond donors (Lipinski definition) is 2. The van der Waals surface area contributed by atoms with E-state index in [-0.39, 0.29) is 28.7 Å². The molecule has 0 radical (unpaired) electrons. The van der Waals surface area contributed by atoms with Gasteiger partial charge in [-0.15, -0.1) is 0 Å². The number of nitrogens with one attached hydrogen (secondary N) is 2. The van der Waals surface area contributed by atoms with E-state index in [2.05, 4.69) is 10.6 Å². The third-order valence-electron chi connectivity index (χ3n) is 6.63. The maximum absolute atomic E-state index is 13.1. The third-order valence-corrected chi connectivity index (χ3v) is 9.12. The van der Waals surface area contributed by atoms with Crippen molar-refractivity contribution >= 4 is 27.6 Å². The summed E-state index contributed by atoms with van der Waals surface area (Å²) in [4.78, 5) is 40.4. The highest BCUT2D eigenvalue weighted by atomic mass is 32.2. The fourth-order valence-electron chi connectivity index (χ4n) is 4.69. The maximum atomic E-state index is 13.1. The first-order valence-electron chi connectivity index (χ1n) is 10.3. The minimum absolute atomic E-state index is 0.194. The van der Waals surface area contributed by atoms with Crippen LogP contribution in [0.1, 0.15) is 34.3 Å². The van der Waals surface area contributed by atoms with Crippen molar-refractivity contribution in [2.45, 2.75) is 42.5 Å². The SMILES string of the molecule is O=C1CCC(N2Cc3cccc(CN4CC(S(=O)(=O)C5CNC5)C4)c3C2=O)C(=O)N1. The molecule has 0 spiro atoms. The summed E-state index contributed by atoms with van der Waals surface area (Å²) in [6, 6.07) is 5.03. The number of amides is 3. The first-order chi connectivity index (χ1) is 14.3. The fourth-order valence-corrected chi connectivity index (χ4v) is 6.77. The molecule has 0 saturated carbocycles. The molecule has 3 fully saturated rings. The first-order valence-corrected chi connectivity index (χ1v) is 11.9. The van der Waals surface area contributed by atoms with Crippen molar-refractivity contribution in [2.75, 3.05) is 26.2 Å². The Morgan fingerprint density at radius 3 is 2.50 bits per heavy atom. The Hall–Kier alpha value is -2.30. The molecule has 1 aromatic carbocycles. The van der Waals surface area contributed by atoms with Crippen LogP contribution in [0.3, 0.4) is 0 Å². The molecule has 1 atom stereocenters. The lowest BCUT2D eigenvalue weighted by Gasteiger charge is -2.42. The zero-order chi connectivity index (χ0) is 21.0. The van der Waals surface area contributed by atoms with Gasteiger partial charge in [-0.3, -0.25) is 24.6 Å². The molecule has 2 N–H and O–H groups in total. The number of imide groups is 1. The molecule has 9 nitrogen and oxygen atoms in total. The molecule has 3 saturated heterocycles. The molecule has 3 amide bonds. The quantitative estimate of drug-likeness (QED) is 0.575. The average molecular weight is 433 g/mol. The summed E-state index contributed by atoms with van der Waals surface area (Å²) < 4.78 is 25.0. The minimum Gasteiger partial charge on any atom is -0.322 e. The van der Waals surface area contributed by atoms with E-state index in [1.807, 2.05) is 23.1 Å². The van der Waals surface area contributed by atoms with Gasteiger partial charge in [0.25, 0.3) is 5.91 Å². The number of nitrogens with zero attached hydrogens (tertiary/aromatic N) is 2. The summed E-state index contributed by atoms with van der Waals surface area (Å²) in [5.41, 5.74) is 2.33. The molecule has 0 bridgehead atoms. The largest absolute Gasteiger partial charge is 0.322 e. The minimum atomic E-state index is -3.10. The van der Waals surface area contributed by atoms with Crippen molar-refractivity contribution in [3.8, 4) is 0 Å². The molecular weight excluding hydrogens is 408 g/mol. The van der Waals surface area contributed by atoms with Crippen LogP contribution in [-0.2, 0) is 32.5 Å². The van der Waals surface area contributed by atoms with Gasteiger partial charge in [0.1, 0.15) is 6.04 Å². The van der Waals surface area contributed by atoms with Crippen LogP contribution in [0, 0.1) is 0 Å². The van der Waals surface area contributed by atoms with Crippen molar-refractivity contribution in [3.63, 3.8) is 0 Å². The molecule has 0 aromatic heterocycles. The number of carbonyl (C=O) groups excluding carboxylic acids is 3. The Balaban J connectivity index is 1.28. The van der Waals surface area contributed by atoms with E-state index < -0.39 is 21.8 Å². The second kappa shape index (κ2) is 7.14. The second-order valence-corrected chi connectivity index (χ2v) is 11.0. The van der Waals surface area contributed by atoms with Gasteiger partial charge in [0.05, 0.1) is 10.5 Å². The Morgan fingerprint density at radius 2 is 1.83 bits per heavy atom. The molecule has 4 aliphatic heterocycles. The number of benzene rings is 1. The fraction of sp³-hybridized carbons (Fsp3) is 0.550. The van der Waals surface area contributed by atoms with Crippen molar-refractivity contribution in [1.29, 1.82) is 0 Å². The van der Waals surface area contributed by atoms with Crippen LogP contribution < -0.4 is 10.6 Å². The zero-order valence-corrected chi connectivity index (χ0v) is 17.3. The first kappa shape index (κ1) is 19.7. The Bertz CT molecular complexity index is 1030. The highest BCUT2D eigenvalue weighted by Gasteiger charge is 2.44. The van der Waals surface area contributed by atoms with E-state index in [0.717, 1.165) is 11.1 Å². The van der Waals surface area contributed by atoms with E-state index in [4.69, 9.17) is 0 Å². The summed E-state index contributed by atoms with van der Waals surface area (Å²) in [6.45, 7) is 2.89. The second-order valence-electron chi connectivity index (χ2n) is 8.54. The lowest BCUT2D eigenvalue weighted by atomic mass is 10.0. The van der Waals surface area contributed by atoms with Gasteiger partial charge in [-0.1, -0.05) is 18.2 Å². The van der Waals surface area contributed by atoms with E-state index in [1.165, 1.54) is 0 Å². The number of piperidine rings is 1. The smallest absolute Gasteiger partial charge is 0.255 e. The van der Waals surface area contributed by atoms with Crippen LogP contribution in [0.4, 0.5) is 0 Å². The van der Waals surface area contributed by atoms with Gasteiger partial charge in [0, 0.05) is 51.3 Å². The van der Waals surface area contributed by atoms with Crippen molar-refractivity contribution in [3.05, 3.63) is 34.9 Å². The molecular formula is C20H24N4O5S. The molecule has 10 heteroatoms. The summed E-state index contributed by atoms with van der Waals surface area (Å²) in [7, 11) is -3.10. The topological polar surface area (TPSA) is 116 Å². The monoisotopic (exact) mass is 432 g/mol. The van der Waals surface area contributed by atoms with E-state index in [1.54, 1.807) is 4.90 Å². The number of hydrogen-bond acceptors (Lipinski definition) is 7. The zero-order valence-electron chi connectivity index (χ0n) is 16.5. The van der Waals surface area contributed by atoms with E-state index in [9.17, 15) is 22.8 Å². The van der Waals surface area contributed by atoms with Crippen molar-refractivity contribution in [1.82, 2.24) is 20.4 Å². The van der Waals surface area contributed by atoms with Crippen LogP contribution in [-0.4, -0.2) is 78.7 Å². The highest BCUT2D eigenvalue weighted by molar-refractivity contribution is 7.92. The van der Waals surface area contributed by atoms with Gasteiger partial charge in [-0.05, 0) is 17.5 Å². The average Bonchev–Trinajstić information content (AvgIpc) is 2.93. The van der Waals surface area contributed by atoms with Crippen LogP contribution in [0.5, 0.6) is 0 Å². The van der Waals surface area contributed by atoms with E-state index >= 15 is 0 Å². The van der Waals surface area contributed by atoms with Crippen LogP contribution in [0.25, 0.3) is 0 Å². The van der Waals surface area contributed by atoms with Gasteiger partial charge in [0.15, 0.2) is 9.84 Å². The number of fused-ring (bicyclic) bond motifs is 1. The van der Waals surface area contributed by atoms with Crippen molar-refractivity contribution < 1.29 is 22.8 Å². The molecule has 4 heterocycles. The highest BCUT2D eigenvalue weighted by Crippen LogP contribution is 2.32. The normalized spacial score (nSPS) is 25.7. The number of likely N-dealkylation sites (tertiary alicyclic amines) is 1. The molecule has 30 heavy (non-hydrogen) atoms. The van der Waals surface area contributed by atoms with Gasteiger partial charge >= 0.3 is 0 Å². The Kier molecular flexibility index (Phi) is 4.68. The number of carbonyl (C=O) groups is 3. The molecule has 5 rings (SSSR count). The molecule has 160 valence electrons. The van der Waals surface area contributed by atoms with Gasteiger partial charge in [-0.2, -0.15) is 0 Å². The number of rotatable bonds is 5. The van der Waals surface area contributed by atoms with E-state index in [0.29, 0.717) is 51.3 Å². The lowest BCUT2D eigenvalue weighted by molar-refractivity contribution is -0.136.